The van der Waals surface area contributed by atoms with Crippen molar-refractivity contribution in [2.45, 2.75) is 46.6 Å². The number of rotatable bonds is 8. The Labute approximate surface area is 83.1 Å². The van der Waals surface area contributed by atoms with Crippen LogP contribution >= 0.6 is 0 Å². The van der Waals surface area contributed by atoms with Gasteiger partial charge in [0.15, 0.2) is 0 Å². The fraction of sp³-hybridized carbons (Fsp3) is 1.00. The first kappa shape index (κ1) is 12.9. The molecule has 2 atom stereocenters. The van der Waals surface area contributed by atoms with Gasteiger partial charge in [0.05, 0.1) is 0 Å². The predicted molar refractivity (Wildman–Crippen MR) is 58.0 cm³/mol. The Kier molecular flexibility index (Phi) is 8.46. The van der Waals surface area contributed by atoms with Crippen molar-refractivity contribution in [1.29, 1.82) is 0 Å². The van der Waals surface area contributed by atoms with Gasteiger partial charge in [-0.1, -0.05) is 13.8 Å². The van der Waals surface area contributed by atoms with E-state index in [0.29, 0.717) is 6.04 Å². The highest BCUT2D eigenvalue weighted by molar-refractivity contribution is 4.67. The molecular formula is C11H25NO. The van der Waals surface area contributed by atoms with Gasteiger partial charge < -0.3 is 10.1 Å². The summed E-state index contributed by atoms with van der Waals surface area (Å²) in [6.45, 7) is 11.6. The first-order chi connectivity index (χ1) is 6.22. The van der Waals surface area contributed by atoms with E-state index in [1.165, 1.54) is 12.8 Å². The highest BCUT2D eigenvalue weighted by Crippen LogP contribution is 2.10. The SMILES string of the molecule is CCNC(C)C(C)CCCOCC. The molecule has 80 valence electrons. The minimum atomic E-state index is 0.631. The predicted octanol–water partition coefficient (Wildman–Crippen LogP) is 2.44. The van der Waals surface area contributed by atoms with Crippen molar-refractivity contribution in [2.75, 3.05) is 19.8 Å². The molecule has 0 aliphatic heterocycles. The van der Waals surface area contributed by atoms with Gasteiger partial charge in [-0.3, -0.25) is 0 Å². The Morgan fingerprint density at radius 3 is 2.46 bits per heavy atom. The van der Waals surface area contributed by atoms with E-state index in [-0.39, 0.29) is 0 Å². The van der Waals surface area contributed by atoms with Gasteiger partial charge in [-0.05, 0) is 39.2 Å². The van der Waals surface area contributed by atoms with E-state index < -0.39 is 0 Å². The Morgan fingerprint density at radius 1 is 1.23 bits per heavy atom. The second-order valence-electron chi connectivity index (χ2n) is 3.66. The molecule has 0 saturated heterocycles. The third-order valence-corrected chi connectivity index (χ3v) is 2.53. The fourth-order valence-electron chi connectivity index (χ4n) is 1.42. The van der Waals surface area contributed by atoms with Crippen LogP contribution in [0, 0.1) is 5.92 Å². The van der Waals surface area contributed by atoms with E-state index in [0.717, 1.165) is 25.7 Å². The summed E-state index contributed by atoms with van der Waals surface area (Å²) in [5.74, 6) is 0.750. The maximum Gasteiger partial charge on any atom is 0.0466 e. The molecule has 2 unspecified atom stereocenters. The second kappa shape index (κ2) is 8.52. The van der Waals surface area contributed by atoms with Crippen LogP contribution in [0.25, 0.3) is 0 Å². The molecule has 0 spiro atoms. The summed E-state index contributed by atoms with van der Waals surface area (Å²) in [6.07, 6.45) is 2.44. The van der Waals surface area contributed by atoms with Crippen LogP contribution in [0.15, 0.2) is 0 Å². The van der Waals surface area contributed by atoms with E-state index >= 15 is 0 Å². The van der Waals surface area contributed by atoms with E-state index in [9.17, 15) is 0 Å². The largest absolute Gasteiger partial charge is 0.382 e. The Hall–Kier alpha value is -0.0800. The standard InChI is InChI=1S/C11H25NO/c1-5-12-11(4)10(3)8-7-9-13-6-2/h10-12H,5-9H2,1-4H3. The lowest BCUT2D eigenvalue weighted by Gasteiger charge is -2.20. The lowest BCUT2D eigenvalue weighted by molar-refractivity contribution is 0.138. The van der Waals surface area contributed by atoms with Crippen LogP contribution in [0.4, 0.5) is 0 Å². The van der Waals surface area contributed by atoms with Crippen LogP contribution in [0.2, 0.25) is 0 Å². The molecule has 0 fully saturated rings. The van der Waals surface area contributed by atoms with E-state index in [4.69, 9.17) is 4.74 Å². The van der Waals surface area contributed by atoms with Crippen LogP contribution in [0.5, 0.6) is 0 Å². The molecule has 0 radical (unpaired) electrons. The smallest absolute Gasteiger partial charge is 0.0466 e. The normalized spacial score (nSPS) is 15.7. The Morgan fingerprint density at radius 2 is 1.92 bits per heavy atom. The Bertz CT molecular complexity index is 106. The van der Waals surface area contributed by atoms with Crippen LogP contribution in [0.1, 0.15) is 40.5 Å². The summed E-state index contributed by atoms with van der Waals surface area (Å²) in [6, 6.07) is 0.631. The molecule has 1 N–H and O–H groups in total. The molecule has 0 aliphatic carbocycles. The van der Waals surface area contributed by atoms with Gasteiger partial charge in [0.1, 0.15) is 0 Å². The number of ether oxygens (including phenoxy) is 1. The summed E-state index contributed by atoms with van der Waals surface area (Å²) < 4.78 is 5.30. The fourth-order valence-corrected chi connectivity index (χ4v) is 1.42. The second-order valence-corrected chi connectivity index (χ2v) is 3.66. The average molecular weight is 187 g/mol. The third-order valence-electron chi connectivity index (χ3n) is 2.53. The molecule has 0 aliphatic rings. The lowest BCUT2D eigenvalue weighted by atomic mass is 9.98. The van der Waals surface area contributed by atoms with Crippen molar-refractivity contribution in [3.8, 4) is 0 Å². The average Bonchev–Trinajstić information content (AvgIpc) is 2.12. The first-order valence-electron chi connectivity index (χ1n) is 5.53. The molecule has 0 bridgehead atoms. The monoisotopic (exact) mass is 187 g/mol. The van der Waals surface area contributed by atoms with Gasteiger partial charge in [-0.25, -0.2) is 0 Å². The zero-order valence-electron chi connectivity index (χ0n) is 9.60. The minimum Gasteiger partial charge on any atom is -0.382 e. The van der Waals surface area contributed by atoms with Crippen LogP contribution in [-0.4, -0.2) is 25.8 Å². The molecule has 2 nitrogen and oxygen atoms in total. The van der Waals surface area contributed by atoms with Gasteiger partial charge in [0, 0.05) is 19.3 Å². The molecule has 0 rings (SSSR count). The van der Waals surface area contributed by atoms with Gasteiger partial charge in [0.2, 0.25) is 0 Å². The van der Waals surface area contributed by atoms with Crippen molar-refractivity contribution in [1.82, 2.24) is 5.32 Å². The topological polar surface area (TPSA) is 21.3 Å². The van der Waals surface area contributed by atoms with Crippen molar-refractivity contribution in [3.63, 3.8) is 0 Å². The zero-order valence-corrected chi connectivity index (χ0v) is 9.60. The van der Waals surface area contributed by atoms with E-state index in [1.54, 1.807) is 0 Å². The molecule has 0 aromatic heterocycles. The van der Waals surface area contributed by atoms with Crippen molar-refractivity contribution in [2.24, 2.45) is 5.92 Å². The summed E-state index contributed by atoms with van der Waals surface area (Å²) in [5.41, 5.74) is 0. The molecule has 0 aromatic rings. The minimum absolute atomic E-state index is 0.631. The quantitative estimate of drug-likeness (QED) is 0.589. The summed E-state index contributed by atoms with van der Waals surface area (Å²) in [5, 5.41) is 3.45. The van der Waals surface area contributed by atoms with Crippen LogP contribution in [-0.2, 0) is 4.74 Å². The lowest BCUT2D eigenvalue weighted by Crippen LogP contribution is -2.31. The van der Waals surface area contributed by atoms with Crippen LogP contribution in [0.3, 0.4) is 0 Å². The number of hydrogen-bond donors (Lipinski definition) is 1. The van der Waals surface area contributed by atoms with Crippen LogP contribution < -0.4 is 5.32 Å². The third kappa shape index (κ3) is 7.03. The van der Waals surface area contributed by atoms with Gasteiger partial charge in [-0.2, -0.15) is 0 Å². The first-order valence-corrected chi connectivity index (χ1v) is 5.53. The number of hydrogen-bond acceptors (Lipinski definition) is 2. The summed E-state index contributed by atoms with van der Waals surface area (Å²) >= 11 is 0. The highest BCUT2D eigenvalue weighted by atomic mass is 16.5. The molecule has 13 heavy (non-hydrogen) atoms. The highest BCUT2D eigenvalue weighted by Gasteiger charge is 2.09. The molecule has 0 heterocycles. The van der Waals surface area contributed by atoms with Gasteiger partial charge >= 0.3 is 0 Å². The Balaban J connectivity index is 3.32. The summed E-state index contributed by atoms with van der Waals surface area (Å²) in [4.78, 5) is 0. The maximum atomic E-state index is 5.30. The molecular weight excluding hydrogens is 162 g/mol. The summed E-state index contributed by atoms with van der Waals surface area (Å²) in [7, 11) is 0. The molecule has 0 amide bonds. The van der Waals surface area contributed by atoms with Crippen molar-refractivity contribution >= 4 is 0 Å². The zero-order chi connectivity index (χ0) is 10.1. The maximum absolute atomic E-state index is 5.30. The molecule has 2 heteroatoms. The number of nitrogens with one attached hydrogen (secondary N) is 1. The van der Waals surface area contributed by atoms with Gasteiger partial charge in [-0.15, -0.1) is 0 Å². The molecule has 0 aromatic carbocycles. The van der Waals surface area contributed by atoms with Crippen molar-refractivity contribution in [3.05, 3.63) is 0 Å². The van der Waals surface area contributed by atoms with E-state index in [2.05, 4.69) is 26.1 Å². The molecule has 0 saturated carbocycles. The van der Waals surface area contributed by atoms with Gasteiger partial charge in [0.25, 0.3) is 0 Å². The van der Waals surface area contributed by atoms with Crippen molar-refractivity contribution < 1.29 is 4.74 Å². The van der Waals surface area contributed by atoms with E-state index in [1.807, 2.05) is 6.92 Å².